The Labute approximate surface area is 162 Å². The highest BCUT2D eigenvalue weighted by Gasteiger charge is 2.32. The maximum atomic E-state index is 5.23. The van der Waals surface area contributed by atoms with E-state index in [0.717, 1.165) is 11.1 Å². The summed E-state index contributed by atoms with van der Waals surface area (Å²) in [6, 6.07) is 27.8. The Morgan fingerprint density at radius 3 is 1.23 bits per heavy atom. The third kappa shape index (κ3) is 3.45. The van der Waals surface area contributed by atoms with Crippen LogP contribution in [0.2, 0.25) is 0 Å². The summed E-state index contributed by atoms with van der Waals surface area (Å²) in [4.78, 5) is 4.22. The normalized spacial score (nSPS) is 11.3. The van der Waals surface area contributed by atoms with Crippen LogP contribution in [0.3, 0.4) is 0 Å². The van der Waals surface area contributed by atoms with E-state index in [4.69, 9.17) is 12.6 Å². The smallest absolute Gasteiger partial charge is 0.0878 e. The summed E-state index contributed by atoms with van der Waals surface area (Å²) in [5.41, 5.74) is 5.85. The van der Waals surface area contributed by atoms with Crippen molar-refractivity contribution in [3.05, 3.63) is 95.6 Å². The van der Waals surface area contributed by atoms with Crippen LogP contribution >= 0.6 is 12.6 Å². The molecule has 0 atom stereocenters. The number of nitrogens with zero attached hydrogens (tertiary/aromatic N) is 2. The molecule has 0 unspecified atom stereocenters. The molecule has 26 heavy (non-hydrogen) atoms. The first-order valence-corrected chi connectivity index (χ1v) is 9.21. The summed E-state index contributed by atoms with van der Waals surface area (Å²) in [5.74, 6) is 0. The van der Waals surface area contributed by atoms with Crippen molar-refractivity contribution in [1.82, 2.24) is 0 Å². The number of benzene rings is 3. The van der Waals surface area contributed by atoms with Crippen molar-refractivity contribution in [2.45, 2.75) is 4.75 Å². The summed E-state index contributed by atoms with van der Waals surface area (Å²) >= 11 is 5.23. The van der Waals surface area contributed by atoms with Gasteiger partial charge in [-0.25, -0.2) is 0 Å². The third-order valence-electron chi connectivity index (χ3n) is 4.79. The van der Waals surface area contributed by atoms with Crippen molar-refractivity contribution in [2.75, 3.05) is 38.0 Å². The Bertz CT molecular complexity index is 786. The molecule has 0 saturated heterocycles. The van der Waals surface area contributed by atoms with Gasteiger partial charge in [0.25, 0.3) is 0 Å². The Morgan fingerprint density at radius 2 is 0.885 bits per heavy atom. The van der Waals surface area contributed by atoms with E-state index in [2.05, 4.69) is 111 Å². The van der Waals surface area contributed by atoms with Crippen molar-refractivity contribution >= 4 is 24.0 Å². The number of thiol groups is 1. The van der Waals surface area contributed by atoms with Crippen molar-refractivity contribution in [1.29, 1.82) is 0 Å². The first kappa shape index (κ1) is 18.4. The Hall–Kier alpha value is -2.39. The Kier molecular flexibility index (Phi) is 5.28. The number of hydrogen-bond donors (Lipinski definition) is 1. The molecule has 0 aliphatic carbocycles. The van der Waals surface area contributed by atoms with Crippen LogP contribution in [0.25, 0.3) is 0 Å². The summed E-state index contributed by atoms with van der Waals surface area (Å²) < 4.78 is -0.503. The minimum Gasteiger partial charge on any atom is -0.378 e. The first-order chi connectivity index (χ1) is 12.4. The SMILES string of the molecule is CN(C)c1ccc(C(S)(c2ccccc2)c2ccc(N(C)C)cc2)cc1. The predicted octanol–water partition coefficient (Wildman–Crippen LogP) is 5.04. The summed E-state index contributed by atoms with van der Waals surface area (Å²) in [6.07, 6.45) is 0. The Morgan fingerprint density at radius 1 is 0.538 bits per heavy atom. The zero-order valence-corrected chi connectivity index (χ0v) is 16.7. The predicted molar refractivity (Wildman–Crippen MR) is 117 cm³/mol. The fourth-order valence-electron chi connectivity index (χ4n) is 3.18. The lowest BCUT2D eigenvalue weighted by Gasteiger charge is -2.31. The van der Waals surface area contributed by atoms with Crippen LogP contribution in [0.4, 0.5) is 11.4 Å². The molecule has 0 bridgehead atoms. The molecular formula is C23H26N2S. The lowest BCUT2D eigenvalue weighted by atomic mass is 9.84. The maximum Gasteiger partial charge on any atom is 0.0878 e. The molecule has 0 aliphatic rings. The molecule has 0 saturated carbocycles. The fourth-order valence-corrected chi connectivity index (χ4v) is 3.63. The molecule has 3 aromatic rings. The quantitative estimate of drug-likeness (QED) is 0.502. The van der Waals surface area contributed by atoms with Crippen LogP contribution in [-0.2, 0) is 4.75 Å². The third-order valence-corrected chi connectivity index (χ3v) is 5.57. The highest BCUT2D eigenvalue weighted by molar-refractivity contribution is 7.81. The zero-order valence-electron chi connectivity index (χ0n) is 15.8. The summed E-state index contributed by atoms with van der Waals surface area (Å²) in [7, 11) is 8.22. The van der Waals surface area contributed by atoms with E-state index >= 15 is 0 Å². The number of anilines is 2. The van der Waals surface area contributed by atoms with Gasteiger partial charge in [-0.3, -0.25) is 0 Å². The standard InChI is InChI=1S/C23H26N2S/c1-24(2)21-14-10-19(11-15-21)23(26,18-8-6-5-7-9-18)20-12-16-22(17-13-20)25(3)4/h5-17,26H,1-4H3. The molecule has 0 amide bonds. The van der Waals surface area contributed by atoms with Crippen molar-refractivity contribution in [3.8, 4) is 0 Å². The van der Waals surface area contributed by atoms with E-state index in [1.165, 1.54) is 16.9 Å². The Balaban J connectivity index is 2.14. The van der Waals surface area contributed by atoms with Crippen LogP contribution in [0, 0.1) is 0 Å². The van der Waals surface area contributed by atoms with Crippen LogP contribution < -0.4 is 9.80 Å². The minimum absolute atomic E-state index is 0.503. The summed E-state index contributed by atoms with van der Waals surface area (Å²) in [6.45, 7) is 0. The van der Waals surface area contributed by atoms with Gasteiger partial charge in [-0.2, -0.15) is 12.6 Å². The van der Waals surface area contributed by atoms with Crippen molar-refractivity contribution in [2.24, 2.45) is 0 Å². The molecular weight excluding hydrogens is 336 g/mol. The number of rotatable bonds is 5. The molecule has 0 aromatic heterocycles. The van der Waals surface area contributed by atoms with Crippen molar-refractivity contribution < 1.29 is 0 Å². The van der Waals surface area contributed by atoms with E-state index in [1.54, 1.807) is 0 Å². The topological polar surface area (TPSA) is 6.48 Å². The second kappa shape index (κ2) is 7.46. The van der Waals surface area contributed by atoms with Gasteiger partial charge in [0, 0.05) is 39.6 Å². The van der Waals surface area contributed by atoms with E-state index in [9.17, 15) is 0 Å². The molecule has 0 spiro atoms. The minimum atomic E-state index is -0.503. The van der Waals surface area contributed by atoms with E-state index in [-0.39, 0.29) is 0 Å². The van der Waals surface area contributed by atoms with Gasteiger partial charge in [0.05, 0.1) is 4.75 Å². The molecule has 3 heteroatoms. The highest BCUT2D eigenvalue weighted by Crippen LogP contribution is 2.43. The van der Waals surface area contributed by atoms with Crippen molar-refractivity contribution in [3.63, 3.8) is 0 Å². The second-order valence-electron chi connectivity index (χ2n) is 6.96. The second-order valence-corrected chi connectivity index (χ2v) is 7.63. The lowest BCUT2D eigenvalue weighted by molar-refractivity contribution is 0.903. The van der Waals surface area contributed by atoms with E-state index in [1.807, 2.05) is 6.07 Å². The zero-order chi connectivity index (χ0) is 18.7. The first-order valence-electron chi connectivity index (χ1n) is 8.76. The van der Waals surface area contributed by atoms with Gasteiger partial charge in [0.2, 0.25) is 0 Å². The van der Waals surface area contributed by atoms with Crippen LogP contribution in [0.1, 0.15) is 16.7 Å². The number of hydrogen-bond acceptors (Lipinski definition) is 3. The average Bonchev–Trinajstić information content (AvgIpc) is 2.68. The average molecular weight is 363 g/mol. The van der Waals surface area contributed by atoms with Crippen LogP contribution in [0.5, 0.6) is 0 Å². The molecule has 134 valence electrons. The van der Waals surface area contributed by atoms with Gasteiger partial charge in [0.15, 0.2) is 0 Å². The molecule has 0 aliphatic heterocycles. The van der Waals surface area contributed by atoms with Gasteiger partial charge in [-0.05, 0) is 41.0 Å². The molecule has 0 fully saturated rings. The van der Waals surface area contributed by atoms with Gasteiger partial charge >= 0.3 is 0 Å². The van der Waals surface area contributed by atoms with Crippen LogP contribution in [-0.4, -0.2) is 28.2 Å². The molecule has 0 N–H and O–H groups in total. The van der Waals surface area contributed by atoms with Gasteiger partial charge in [-0.1, -0.05) is 54.6 Å². The van der Waals surface area contributed by atoms with Gasteiger partial charge in [-0.15, -0.1) is 0 Å². The van der Waals surface area contributed by atoms with E-state index in [0.29, 0.717) is 0 Å². The van der Waals surface area contributed by atoms with Gasteiger partial charge in [0.1, 0.15) is 0 Å². The van der Waals surface area contributed by atoms with Gasteiger partial charge < -0.3 is 9.80 Å². The lowest BCUT2D eigenvalue weighted by Crippen LogP contribution is -2.23. The summed E-state index contributed by atoms with van der Waals surface area (Å²) in [5, 5.41) is 0. The molecule has 3 aromatic carbocycles. The fraction of sp³-hybridized carbons (Fsp3) is 0.217. The van der Waals surface area contributed by atoms with Crippen LogP contribution in [0.15, 0.2) is 78.9 Å². The molecule has 3 rings (SSSR count). The van der Waals surface area contributed by atoms with E-state index < -0.39 is 4.75 Å². The molecule has 2 nitrogen and oxygen atoms in total. The molecule has 0 radical (unpaired) electrons. The maximum absolute atomic E-state index is 5.23. The largest absolute Gasteiger partial charge is 0.378 e. The monoisotopic (exact) mass is 362 g/mol. The highest BCUT2D eigenvalue weighted by atomic mass is 32.1. The molecule has 0 heterocycles.